The summed E-state index contributed by atoms with van der Waals surface area (Å²) in [7, 11) is 1.20. The summed E-state index contributed by atoms with van der Waals surface area (Å²) in [6.07, 6.45) is 4.28. The molecule has 1 amide bonds. The van der Waals surface area contributed by atoms with Crippen molar-refractivity contribution in [2.24, 2.45) is 35.0 Å². The highest BCUT2D eigenvalue weighted by atomic mass is 16.7. The van der Waals surface area contributed by atoms with Crippen LogP contribution in [0.4, 0.5) is 0 Å². The molecule has 1 N–H and O–H groups in total. The van der Waals surface area contributed by atoms with Crippen LogP contribution in [0.15, 0.2) is 42.5 Å². The molecule has 242 valence electrons. The minimum atomic E-state index is -0.474. The van der Waals surface area contributed by atoms with Gasteiger partial charge in [0, 0.05) is 24.7 Å². The van der Waals surface area contributed by atoms with E-state index in [2.05, 4.69) is 78.0 Å². The normalized spacial score (nSPS) is 28.6. The van der Waals surface area contributed by atoms with Crippen LogP contribution in [-0.2, 0) is 18.9 Å². The van der Waals surface area contributed by atoms with Gasteiger partial charge in [0.05, 0.1) is 24.8 Å². The molecule has 4 fully saturated rings. The fraction of sp³-hybridized carbons (Fsp3) is 0.632. The lowest BCUT2D eigenvalue weighted by atomic mass is 9.43. The Hall–Kier alpha value is -2.64. The van der Waals surface area contributed by atoms with Crippen molar-refractivity contribution in [2.45, 2.75) is 111 Å². The van der Waals surface area contributed by atoms with Gasteiger partial charge in [-0.2, -0.15) is 0 Å². The number of hydrogen-bond acceptors (Lipinski definition) is 5. The summed E-state index contributed by atoms with van der Waals surface area (Å²) < 4.78 is 19.0. The number of carbonyl (C=O) groups is 2. The molecule has 1 heterocycles. The molecular weight excluding hydrogens is 561 g/mol. The van der Waals surface area contributed by atoms with Crippen molar-refractivity contribution < 1.29 is 23.6 Å². The summed E-state index contributed by atoms with van der Waals surface area (Å²) in [6, 6.07) is 14.5. The first-order valence-corrected chi connectivity index (χ1v) is 17.2. The third-order valence-corrected chi connectivity index (χ3v) is 11.6. The lowest BCUT2D eigenvalue weighted by Gasteiger charge is -2.64. The molecule has 0 spiro atoms. The predicted octanol–water partition coefficient (Wildman–Crippen LogP) is 7.62. The second-order valence-corrected chi connectivity index (χ2v) is 15.9. The minimum absolute atomic E-state index is 0.0462. The van der Waals surface area contributed by atoms with Crippen LogP contribution in [0.5, 0.6) is 5.75 Å². The minimum Gasteiger partial charge on any atom is -0.497 e. The van der Waals surface area contributed by atoms with Crippen LogP contribution in [0.2, 0.25) is 0 Å². The second kappa shape index (κ2) is 12.2. The van der Waals surface area contributed by atoms with E-state index in [1.165, 1.54) is 17.5 Å². The van der Waals surface area contributed by atoms with Crippen molar-refractivity contribution in [3.05, 3.63) is 53.6 Å². The van der Waals surface area contributed by atoms with Crippen molar-refractivity contribution >= 4 is 18.8 Å². The highest BCUT2D eigenvalue weighted by Gasteiger charge is 2.68. The van der Waals surface area contributed by atoms with Gasteiger partial charge in [-0.1, -0.05) is 71.9 Å². The van der Waals surface area contributed by atoms with Gasteiger partial charge in [-0.15, -0.1) is 0 Å². The van der Waals surface area contributed by atoms with Crippen molar-refractivity contribution in [1.82, 2.24) is 5.32 Å². The smallest absolute Gasteiger partial charge is 0.481 e. The van der Waals surface area contributed by atoms with Gasteiger partial charge in [0.25, 0.3) is 0 Å². The van der Waals surface area contributed by atoms with E-state index in [9.17, 15) is 9.59 Å². The predicted molar refractivity (Wildman–Crippen MR) is 179 cm³/mol. The molecule has 1 saturated heterocycles. The first-order chi connectivity index (χ1) is 21.3. The second-order valence-electron chi connectivity index (χ2n) is 15.9. The van der Waals surface area contributed by atoms with Crippen molar-refractivity contribution in [1.29, 1.82) is 0 Å². The number of fused-ring (bicyclic) bond motifs is 3. The number of benzene rings is 2. The van der Waals surface area contributed by atoms with Crippen LogP contribution in [0.1, 0.15) is 104 Å². The molecule has 2 aromatic rings. The average molecular weight is 614 g/mol. The van der Waals surface area contributed by atoms with E-state index in [0.717, 1.165) is 29.7 Å². The molecule has 0 aromatic heterocycles. The maximum absolute atomic E-state index is 14.1. The molecule has 2 aromatic carbocycles. The monoisotopic (exact) mass is 613 g/mol. The zero-order valence-electron chi connectivity index (χ0n) is 28.5. The van der Waals surface area contributed by atoms with Crippen LogP contribution in [0.25, 0.3) is 11.1 Å². The Balaban J connectivity index is 1.17. The van der Waals surface area contributed by atoms with Gasteiger partial charge in [-0.25, -0.2) is 0 Å². The number of hydrogen-bond donors (Lipinski definition) is 1. The van der Waals surface area contributed by atoms with E-state index in [-0.39, 0.29) is 53.0 Å². The van der Waals surface area contributed by atoms with Crippen LogP contribution in [0, 0.1) is 35.0 Å². The zero-order valence-corrected chi connectivity index (χ0v) is 28.5. The number of Topliss-reactive ketones (excluding diaryl/α,β-unsaturated/α-hetero) is 1. The molecule has 7 atom stereocenters. The molecule has 7 rings (SSSR count). The van der Waals surface area contributed by atoms with Crippen molar-refractivity contribution in [3.8, 4) is 16.9 Å². The third kappa shape index (κ3) is 5.88. The Morgan fingerprint density at radius 1 is 0.978 bits per heavy atom. The standard InChI is InChI=1S/C38H52BNO5/c1-22(2)15-24(17-26(41)20-31-29-12-10-9-11-28(29)30-14-13-27(43-8)21-32(30)31)36(42)40-35(16-23(3)4)39-44-34-19-25-18-33(37(25,5)6)38(34,7)45-39/h9-14,21-25,31,33-35H,15-20H2,1-8H3,(H,40,42)/t24-,25+,31?,33+,34-,35+,38+/m1/s1. The molecular formula is C38H52BNO5. The zero-order chi connectivity index (χ0) is 32.3. The molecule has 2 bridgehead atoms. The van der Waals surface area contributed by atoms with E-state index in [4.69, 9.17) is 14.0 Å². The number of amides is 1. The van der Waals surface area contributed by atoms with Gasteiger partial charge in [-0.3, -0.25) is 9.59 Å². The highest BCUT2D eigenvalue weighted by Crippen LogP contribution is 2.65. The molecule has 5 aliphatic rings. The summed E-state index contributed by atoms with van der Waals surface area (Å²) >= 11 is 0. The highest BCUT2D eigenvalue weighted by molar-refractivity contribution is 6.47. The first-order valence-electron chi connectivity index (χ1n) is 17.2. The van der Waals surface area contributed by atoms with Crippen LogP contribution < -0.4 is 10.1 Å². The fourth-order valence-electron chi connectivity index (χ4n) is 9.19. The lowest BCUT2D eigenvalue weighted by Crippen LogP contribution is -2.65. The van der Waals surface area contributed by atoms with Gasteiger partial charge < -0.3 is 19.4 Å². The van der Waals surface area contributed by atoms with E-state index in [1.54, 1.807) is 7.11 Å². The number of ketones is 1. The van der Waals surface area contributed by atoms with Gasteiger partial charge >= 0.3 is 7.12 Å². The first kappa shape index (κ1) is 32.3. The Morgan fingerprint density at radius 3 is 2.38 bits per heavy atom. The van der Waals surface area contributed by atoms with E-state index in [1.807, 2.05) is 18.2 Å². The van der Waals surface area contributed by atoms with Crippen LogP contribution in [-0.4, -0.2) is 43.6 Å². The topological polar surface area (TPSA) is 73.9 Å². The number of carbonyl (C=O) groups excluding carboxylic acids is 2. The maximum atomic E-state index is 14.1. The fourth-order valence-corrected chi connectivity index (χ4v) is 9.19. The van der Waals surface area contributed by atoms with Crippen molar-refractivity contribution in [3.63, 3.8) is 0 Å². The number of rotatable bonds is 12. The van der Waals surface area contributed by atoms with Gasteiger partial charge in [0.1, 0.15) is 11.5 Å². The quantitative estimate of drug-likeness (QED) is 0.250. The molecule has 1 unspecified atom stereocenters. The SMILES string of the molecule is COc1ccc2c(c1)C(CC(=O)C[C@@H](CC(C)C)C(=O)N[C@@H](CC(C)C)B1O[C@@H]3C[C@@H]4C[C@@H](C4(C)C)[C@]3(C)O1)c1ccccc1-2. The lowest BCUT2D eigenvalue weighted by molar-refractivity contribution is -0.199. The van der Waals surface area contributed by atoms with Gasteiger partial charge in [0.2, 0.25) is 5.91 Å². The summed E-state index contributed by atoms with van der Waals surface area (Å²) in [6.45, 7) is 15.5. The Kier molecular flexibility index (Phi) is 8.75. The van der Waals surface area contributed by atoms with Gasteiger partial charge in [-0.05, 0) is 96.1 Å². The molecule has 6 nitrogen and oxygen atoms in total. The number of ether oxygens (including phenoxy) is 1. The number of methoxy groups -OCH3 is 1. The van der Waals surface area contributed by atoms with Gasteiger partial charge in [0.15, 0.2) is 0 Å². The number of nitrogens with one attached hydrogen (secondary N) is 1. The van der Waals surface area contributed by atoms with Crippen LogP contribution >= 0.6 is 0 Å². The average Bonchev–Trinajstić information content (AvgIpc) is 3.50. The molecule has 4 aliphatic carbocycles. The summed E-state index contributed by atoms with van der Waals surface area (Å²) in [5, 5.41) is 3.36. The molecule has 0 radical (unpaired) electrons. The molecule has 3 saturated carbocycles. The maximum Gasteiger partial charge on any atom is 0.481 e. The van der Waals surface area contributed by atoms with Crippen LogP contribution in [0.3, 0.4) is 0 Å². The third-order valence-electron chi connectivity index (χ3n) is 11.6. The largest absolute Gasteiger partial charge is 0.497 e. The van der Waals surface area contributed by atoms with Crippen molar-refractivity contribution in [2.75, 3.05) is 7.11 Å². The summed E-state index contributed by atoms with van der Waals surface area (Å²) in [5.74, 6) is 1.90. The Morgan fingerprint density at radius 2 is 1.69 bits per heavy atom. The molecule has 45 heavy (non-hydrogen) atoms. The Labute approximate surface area is 270 Å². The molecule has 1 aliphatic heterocycles. The molecule has 7 heteroatoms. The van der Waals surface area contributed by atoms with E-state index >= 15 is 0 Å². The van der Waals surface area contributed by atoms with E-state index in [0.29, 0.717) is 30.6 Å². The summed E-state index contributed by atoms with van der Waals surface area (Å²) in [5.41, 5.74) is 4.55. The van der Waals surface area contributed by atoms with E-state index < -0.39 is 13.0 Å². The Bertz CT molecular complexity index is 1440. The summed E-state index contributed by atoms with van der Waals surface area (Å²) in [4.78, 5) is 27.9.